The second-order valence-corrected chi connectivity index (χ2v) is 7.93. The molecule has 0 saturated carbocycles. The molecular weight excluding hydrogens is 369 g/mol. The summed E-state index contributed by atoms with van der Waals surface area (Å²) in [6.45, 7) is 4.47. The molecule has 1 aromatic carbocycles. The Labute approximate surface area is 171 Å². The first-order valence-electron chi connectivity index (χ1n) is 10.3. The van der Waals surface area contributed by atoms with Gasteiger partial charge in [0.2, 0.25) is 0 Å². The summed E-state index contributed by atoms with van der Waals surface area (Å²) in [6, 6.07) is 10.8. The quantitative estimate of drug-likeness (QED) is 0.861. The van der Waals surface area contributed by atoms with E-state index in [4.69, 9.17) is 0 Å². The Morgan fingerprint density at radius 2 is 1.86 bits per heavy atom. The average Bonchev–Trinajstić information content (AvgIpc) is 2.75. The number of hydrogen-bond acceptors (Lipinski definition) is 4. The number of pyridine rings is 1. The fraction of sp³-hybridized carbons (Fsp3) is 0.455. The summed E-state index contributed by atoms with van der Waals surface area (Å²) < 4.78 is 14.1. The Morgan fingerprint density at radius 1 is 1.10 bits per heavy atom. The molecule has 2 amide bonds. The van der Waals surface area contributed by atoms with Crippen molar-refractivity contribution >= 4 is 17.4 Å². The molecule has 6 nitrogen and oxygen atoms in total. The zero-order chi connectivity index (χ0) is 20.2. The minimum atomic E-state index is -0.303. The molecule has 1 fully saturated rings. The molecule has 29 heavy (non-hydrogen) atoms. The van der Waals surface area contributed by atoms with Crippen molar-refractivity contribution in [3.8, 4) is 0 Å². The number of amides is 2. The maximum Gasteiger partial charge on any atom is 0.322 e. The van der Waals surface area contributed by atoms with Crippen LogP contribution in [0.15, 0.2) is 42.6 Å². The van der Waals surface area contributed by atoms with Crippen molar-refractivity contribution < 1.29 is 9.18 Å². The molecule has 0 spiro atoms. The summed E-state index contributed by atoms with van der Waals surface area (Å²) >= 11 is 0. The third-order valence-corrected chi connectivity index (χ3v) is 5.91. The number of rotatable bonds is 4. The number of likely N-dealkylation sites (tertiary alicyclic amines) is 1. The summed E-state index contributed by atoms with van der Waals surface area (Å²) in [5.41, 5.74) is 2.21. The molecule has 154 valence electrons. The highest BCUT2D eigenvalue weighted by Gasteiger charge is 2.28. The molecule has 0 radical (unpaired) electrons. The van der Waals surface area contributed by atoms with Gasteiger partial charge in [-0.1, -0.05) is 12.1 Å². The molecular formula is C22H28FN5O. The van der Waals surface area contributed by atoms with Crippen LogP contribution in [0, 0.1) is 11.7 Å². The molecule has 1 N–H and O–H groups in total. The third kappa shape index (κ3) is 4.50. The molecule has 0 unspecified atom stereocenters. The van der Waals surface area contributed by atoms with Gasteiger partial charge in [-0.05, 0) is 63.2 Å². The number of hydrogen-bond donors (Lipinski definition) is 1. The highest BCUT2D eigenvalue weighted by molar-refractivity contribution is 5.96. The van der Waals surface area contributed by atoms with Gasteiger partial charge in [0.25, 0.3) is 0 Å². The monoisotopic (exact) mass is 397 g/mol. The molecule has 2 aliphatic rings. The van der Waals surface area contributed by atoms with Crippen LogP contribution in [0.1, 0.15) is 18.5 Å². The van der Waals surface area contributed by atoms with Gasteiger partial charge in [-0.25, -0.2) is 9.18 Å². The van der Waals surface area contributed by atoms with E-state index < -0.39 is 0 Å². The minimum Gasteiger partial charge on any atom is -0.362 e. The van der Waals surface area contributed by atoms with Crippen LogP contribution < -0.4 is 15.1 Å². The van der Waals surface area contributed by atoms with Crippen molar-refractivity contribution in [2.75, 3.05) is 49.6 Å². The number of fused-ring (bicyclic) bond motifs is 1. The summed E-state index contributed by atoms with van der Waals surface area (Å²) in [7, 11) is 2.14. The number of benzene rings is 1. The van der Waals surface area contributed by atoms with Gasteiger partial charge < -0.3 is 15.1 Å². The van der Waals surface area contributed by atoms with E-state index in [0.717, 1.165) is 37.3 Å². The summed E-state index contributed by atoms with van der Waals surface area (Å²) in [6.07, 6.45) is 3.85. The van der Waals surface area contributed by atoms with Crippen molar-refractivity contribution in [3.63, 3.8) is 0 Å². The minimum absolute atomic E-state index is 0.0555. The molecule has 3 heterocycles. The standard InChI is InChI=1S/C22H28FN5O/c1-26-11-8-17(9-12-26)15-25-22(29)28-14-13-27(20-6-2-3-7-21(20)28)16-19-18(23)5-4-10-24-19/h2-7,10,17H,8-9,11-16H2,1H3,(H,25,29). The van der Waals surface area contributed by atoms with Gasteiger partial charge in [-0.15, -0.1) is 0 Å². The molecule has 7 heteroatoms. The first kappa shape index (κ1) is 19.6. The second kappa shape index (κ2) is 8.78. The number of anilines is 2. The molecule has 0 aliphatic carbocycles. The number of halogens is 1. The Balaban J connectivity index is 1.43. The molecule has 2 aromatic rings. The van der Waals surface area contributed by atoms with E-state index in [1.165, 1.54) is 6.07 Å². The zero-order valence-corrected chi connectivity index (χ0v) is 16.9. The summed E-state index contributed by atoms with van der Waals surface area (Å²) in [5, 5.41) is 3.13. The number of carbonyl (C=O) groups excluding carboxylic acids is 1. The average molecular weight is 397 g/mol. The lowest BCUT2D eigenvalue weighted by molar-refractivity contribution is 0.211. The van der Waals surface area contributed by atoms with Gasteiger partial charge in [-0.2, -0.15) is 0 Å². The number of aromatic nitrogens is 1. The predicted molar refractivity (Wildman–Crippen MR) is 113 cm³/mol. The lowest BCUT2D eigenvalue weighted by Crippen LogP contribution is -2.49. The second-order valence-electron chi connectivity index (χ2n) is 7.93. The van der Waals surface area contributed by atoms with Crippen LogP contribution in [-0.2, 0) is 6.54 Å². The normalized spacial score (nSPS) is 17.9. The SMILES string of the molecule is CN1CCC(CNC(=O)N2CCN(Cc3ncccc3F)c3ccccc32)CC1. The van der Waals surface area contributed by atoms with Crippen LogP contribution in [-0.4, -0.2) is 55.7 Å². The van der Waals surface area contributed by atoms with Gasteiger partial charge in [0.05, 0.1) is 23.6 Å². The van der Waals surface area contributed by atoms with Gasteiger partial charge in [0, 0.05) is 25.8 Å². The fourth-order valence-electron chi connectivity index (χ4n) is 4.11. The van der Waals surface area contributed by atoms with Crippen molar-refractivity contribution in [1.29, 1.82) is 0 Å². The Bertz CT molecular complexity index is 853. The highest BCUT2D eigenvalue weighted by atomic mass is 19.1. The van der Waals surface area contributed by atoms with Crippen LogP contribution in [0.25, 0.3) is 0 Å². The molecule has 2 aliphatic heterocycles. The Kier molecular flexibility index (Phi) is 5.94. The fourth-order valence-corrected chi connectivity index (χ4v) is 4.11. The number of carbonyl (C=O) groups is 1. The van der Waals surface area contributed by atoms with Gasteiger partial charge in [0.1, 0.15) is 5.82 Å². The van der Waals surface area contributed by atoms with E-state index in [1.807, 2.05) is 24.3 Å². The van der Waals surface area contributed by atoms with E-state index in [2.05, 4.69) is 27.1 Å². The number of piperidine rings is 1. The van der Waals surface area contributed by atoms with Gasteiger partial charge in [-0.3, -0.25) is 9.88 Å². The molecule has 1 aromatic heterocycles. The molecule has 0 atom stereocenters. The van der Waals surface area contributed by atoms with E-state index in [-0.39, 0.29) is 11.8 Å². The number of nitrogens with zero attached hydrogens (tertiary/aromatic N) is 4. The molecule has 1 saturated heterocycles. The maximum absolute atomic E-state index is 14.1. The zero-order valence-electron chi connectivity index (χ0n) is 16.9. The van der Waals surface area contributed by atoms with E-state index in [1.54, 1.807) is 17.2 Å². The van der Waals surface area contributed by atoms with Crippen molar-refractivity contribution in [3.05, 3.63) is 54.1 Å². The molecule has 0 bridgehead atoms. The lowest BCUT2D eigenvalue weighted by Gasteiger charge is -2.38. The van der Waals surface area contributed by atoms with Gasteiger partial charge >= 0.3 is 6.03 Å². The Hall–Kier alpha value is -2.67. The smallest absolute Gasteiger partial charge is 0.322 e. The van der Waals surface area contributed by atoms with Crippen LogP contribution in [0.3, 0.4) is 0 Å². The van der Waals surface area contributed by atoms with Crippen LogP contribution >= 0.6 is 0 Å². The van der Waals surface area contributed by atoms with Crippen LogP contribution in [0.5, 0.6) is 0 Å². The molecule has 4 rings (SSSR count). The summed E-state index contributed by atoms with van der Waals surface area (Å²) in [5.74, 6) is 0.238. The van der Waals surface area contributed by atoms with Crippen molar-refractivity contribution in [2.45, 2.75) is 19.4 Å². The summed E-state index contributed by atoms with van der Waals surface area (Å²) in [4.78, 5) is 23.3. The van der Waals surface area contributed by atoms with Gasteiger partial charge in [0.15, 0.2) is 0 Å². The first-order chi connectivity index (χ1) is 14.1. The first-order valence-corrected chi connectivity index (χ1v) is 10.3. The van der Waals surface area contributed by atoms with Crippen LogP contribution in [0.2, 0.25) is 0 Å². The maximum atomic E-state index is 14.1. The number of urea groups is 1. The van der Waals surface area contributed by atoms with Crippen molar-refractivity contribution in [2.24, 2.45) is 5.92 Å². The lowest BCUT2D eigenvalue weighted by atomic mass is 9.97. The van der Waals surface area contributed by atoms with Crippen LogP contribution in [0.4, 0.5) is 20.6 Å². The highest BCUT2D eigenvalue weighted by Crippen LogP contribution is 2.33. The topological polar surface area (TPSA) is 51.7 Å². The van der Waals surface area contributed by atoms with E-state index >= 15 is 0 Å². The number of nitrogens with one attached hydrogen (secondary N) is 1. The van der Waals surface area contributed by atoms with E-state index in [9.17, 15) is 9.18 Å². The largest absolute Gasteiger partial charge is 0.362 e. The Morgan fingerprint density at radius 3 is 2.62 bits per heavy atom. The van der Waals surface area contributed by atoms with E-state index in [0.29, 0.717) is 37.8 Å². The predicted octanol–water partition coefficient (Wildman–Crippen LogP) is 3.10. The number of para-hydroxylation sites is 2. The van der Waals surface area contributed by atoms with Crippen molar-refractivity contribution in [1.82, 2.24) is 15.2 Å². The third-order valence-electron chi connectivity index (χ3n) is 5.91.